The average Bonchev–Trinajstić information content (AvgIpc) is 1.98. The van der Waals surface area contributed by atoms with Crippen LogP contribution in [0, 0.1) is 11.8 Å². The van der Waals surface area contributed by atoms with Gasteiger partial charge in [0.25, 0.3) is 0 Å². The van der Waals surface area contributed by atoms with Crippen LogP contribution in [0.15, 0.2) is 0 Å². The highest BCUT2D eigenvalue weighted by molar-refractivity contribution is 4.70. The highest BCUT2D eigenvalue weighted by Crippen LogP contribution is 2.20. The molecule has 68 valence electrons. The van der Waals surface area contributed by atoms with Crippen molar-refractivity contribution < 1.29 is 10.2 Å². The topological polar surface area (TPSA) is 40.5 Å². The maximum atomic E-state index is 9.37. The molecule has 2 heteroatoms. The van der Waals surface area contributed by atoms with E-state index in [1.807, 2.05) is 0 Å². The van der Waals surface area contributed by atoms with E-state index in [1.165, 1.54) is 0 Å². The Morgan fingerprint density at radius 3 is 2.09 bits per heavy atom. The van der Waals surface area contributed by atoms with Crippen LogP contribution < -0.4 is 0 Å². The second kappa shape index (κ2) is 5.56. The lowest BCUT2D eigenvalue weighted by Gasteiger charge is -2.24. The van der Waals surface area contributed by atoms with Crippen molar-refractivity contribution in [1.82, 2.24) is 0 Å². The summed E-state index contributed by atoms with van der Waals surface area (Å²) in [5, 5.41) is 18.1. The number of hydrogen-bond donors (Lipinski definition) is 2. The Labute approximate surface area is 69.2 Å². The molecule has 2 nitrogen and oxygen atoms in total. The summed E-state index contributed by atoms with van der Waals surface area (Å²) in [5.41, 5.74) is 0. The zero-order chi connectivity index (χ0) is 8.85. The van der Waals surface area contributed by atoms with Crippen molar-refractivity contribution >= 4 is 0 Å². The van der Waals surface area contributed by atoms with E-state index >= 15 is 0 Å². The van der Waals surface area contributed by atoms with E-state index in [0.29, 0.717) is 5.92 Å². The normalized spacial score (nSPS) is 16.9. The Hall–Kier alpha value is -0.0800. The smallest absolute Gasteiger partial charge is 0.0801 e. The van der Waals surface area contributed by atoms with Gasteiger partial charge in [-0.15, -0.1) is 0 Å². The highest BCUT2D eigenvalue weighted by Gasteiger charge is 2.20. The van der Waals surface area contributed by atoms with Gasteiger partial charge in [0, 0.05) is 0 Å². The van der Waals surface area contributed by atoms with Gasteiger partial charge < -0.3 is 10.2 Å². The molecule has 0 spiro atoms. The van der Waals surface area contributed by atoms with Crippen LogP contribution in [-0.4, -0.2) is 22.9 Å². The third-order valence-corrected chi connectivity index (χ3v) is 2.16. The molecule has 0 bridgehead atoms. The summed E-state index contributed by atoms with van der Waals surface area (Å²) in [6, 6.07) is 0. The summed E-state index contributed by atoms with van der Waals surface area (Å²) in [5.74, 6) is 0.710. The predicted molar refractivity (Wildman–Crippen MR) is 46.3 cm³/mol. The van der Waals surface area contributed by atoms with Crippen molar-refractivity contribution in [1.29, 1.82) is 0 Å². The van der Waals surface area contributed by atoms with Crippen molar-refractivity contribution in [2.45, 2.75) is 39.7 Å². The zero-order valence-corrected chi connectivity index (χ0v) is 7.75. The molecule has 0 heterocycles. The lowest BCUT2D eigenvalue weighted by atomic mass is 9.87. The molecule has 0 aromatic carbocycles. The zero-order valence-electron chi connectivity index (χ0n) is 7.75. The molecule has 0 amide bonds. The van der Waals surface area contributed by atoms with Crippen molar-refractivity contribution in [3.8, 4) is 0 Å². The fraction of sp³-hybridized carbons (Fsp3) is 1.00. The maximum absolute atomic E-state index is 9.37. The summed E-state index contributed by atoms with van der Waals surface area (Å²) in [4.78, 5) is 0. The van der Waals surface area contributed by atoms with E-state index in [-0.39, 0.29) is 12.5 Å². The minimum atomic E-state index is -0.532. The van der Waals surface area contributed by atoms with Crippen molar-refractivity contribution in [3.63, 3.8) is 0 Å². The van der Waals surface area contributed by atoms with Gasteiger partial charge in [-0.25, -0.2) is 0 Å². The molecule has 0 rings (SSSR count). The second-order valence-electron chi connectivity index (χ2n) is 3.45. The first-order valence-electron chi connectivity index (χ1n) is 4.42. The Morgan fingerprint density at radius 2 is 1.82 bits per heavy atom. The van der Waals surface area contributed by atoms with Crippen molar-refractivity contribution in [3.05, 3.63) is 0 Å². The molecule has 0 unspecified atom stereocenters. The molecular weight excluding hydrogens is 140 g/mol. The number of rotatable bonds is 5. The first-order valence-corrected chi connectivity index (χ1v) is 4.42. The van der Waals surface area contributed by atoms with Gasteiger partial charge in [0.1, 0.15) is 0 Å². The van der Waals surface area contributed by atoms with Crippen LogP contribution in [-0.2, 0) is 0 Å². The molecule has 0 aromatic rings. The van der Waals surface area contributed by atoms with E-state index in [4.69, 9.17) is 5.11 Å². The standard InChI is InChI=1S/C9H20O2/c1-4-5-8(7(2)3)9(11)6-10/h7-11H,4-6H2,1-3H3/t8-,9-/m0/s1. The molecule has 0 saturated carbocycles. The van der Waals surface area contributed by atoms with Crippen LogP contribution in [0.5, 0.6) is 0 Å². The van der Waals surface area contributed by atoms with Crippen molar-refractivity contribution in [2.75, 3.05) is 6.61 Å². The number of hydrogen-bond acceptors (Lipinski definition) is 2. The Kier molecular flexibility index (Phi) is 5.51. The fourth-order valence-corrected chi connectivity index (χ4v) is 1.44. The SMILES string of the molecule is CCC[C@@H](C(C)C)[C@@H](O)CO. The fourth-order valence-electron chi connectivity index (χ4n) is 1.44. The summed E-state index contributed by atoms with van der Waals surface area (Å²) < 4.78 is 0. The first kappa shape index (κ1) is 10.9. The molecule has 11 heavy (non-hydrogen) atoms. The molecule has 0 aromatic heterocycles. The number of aliphatic hydroxyl groups is 2. The third-order valence-electron chi connectivity index (χ3n) is 2.16. The van der Waals surface area contributed by atoms with Crippen LogP contribution in [0.4, 0.5) is 0 Å². The monoisotopic (exact) mass is 160 g/mol. The first-order chi connectivity index (χ1) is 5.13. The molecule has 0 radical (unpaired) electrons. The predicted octanol–water partition coefficient (Wildman–Crippen LogP) is 1.41. The molecule has 0 aliphatic rings. The van der Waals surface area contributed by atoms with E-state index in [9.17, 15) is 5.11 Å². The lowest BCUT2D eigenvalue weighted by Crippen LogP contribution is -2.28. The molecule has 2 N–H and O–H groups in total. The Balaban J connectivity index is 3.87. The van der Waals surface area contributed by atoms with E-state index < -0.39 is 6.10 Å². The third kappa shape index (κ3) is 3.73. The van der Waals surface area contributed by atoms with Crippen LogP contribution in [0.1, 0.15) is 33.6 Å². The van der Waals surface area contributed by atoms with Gasteiger partial charge in [-0.2, -0.15) is 0 Å². The minimum Gasteiger partial charge on any atom is -0.394 e. The van der Waals surface area contributed by atoms with Gasteiger partial charge in [-0.1, -0.05) is 27.2 Å². The molecule has 0 saturated heterocycles. The van der Waals surface area contributed by atoms with Gasteiger partial charge in [-0.05, 0) is 18.3 Å². The van der Waals surface area contributed by atoms with Gasteiger partial charge in [0.2, 0.25) is 0 Å². The summed E-state index contributed by atoms with van der Waals surface area (Å²) in [7, 11) is 0. The van der Waals surface area contributed by atoms with Crippen LogP contribution in [0.25, 0.3) is 0 Å². The van der Waals surface area contributed by atoms with Gasteiger partial charge in [0.05, 0.1) is 12.7 Å². The molecule has 2 atom stereocenters. The molecule has 0 aliphatic carbocycles. The second-order valence-corrected chi connectivity index (χ2v) is 3.45. The van der Waals surface area contributed by atoms with Gasteiger partial charge >= 0.3 is 0 Å². The Bertz CT molecular complexity index is 91.6. The molecule has 0 fully saturated rings. The highest BCUT2D eigenvalue weighted by atomic mass is 16.3. The van der Waals surface area contributed by atoms with Gasteiger partial charge in [0.15, 0.2) is 0 Å². The number of aliphatic hydroxyl groups excluding tert-OH is 2. The van der Waals surface area contributed by atoms with Crippen LogP contribution in [0.3, 0.4) is 0 Å². The molecule has 0 aliphatic heterocycles. The maximum Gasteiger partial charge on any atom is 0.0801 e. The summed E-state index contributed by atoms with van der Waals surface area (Å²) >= 11 is 0. The van der Waals surface area contributed by atoms with E-state index in [0.717, 1.165) is 12.8 Å². The quantitative estimate of drug-likeness (QED) is 0.638. The lowest BCUT2D eigenvalue weighted by molar-refractivity contribution is 0.0251. The van der Waals surface area contributed by atoms with Gasteiger partial charge in [-0.3, -0.25) is 0 Å². The minimum absolute atomic E-state index is 0.108. The van der Waals surface area contributed by atoms with E-state index in [1.54, 1.807) is 0 Å². The Morgan fingerprint density at radius 1 is 1.27 bits per heavy atom. The summed E-state index contributed by atoms with van der Waals surface area (Å²) in [6.45, 7) is 6.15. The summed E-state index contributed by atoms with van der Waals surface area (Å²) in [6.07, 6.45) is 1.54. The van der Waals surface area contributed by atoms with Crippen LogP contribution in [0.2, 0.25) is 0 Å². The van der Waals surface area contributed by atoms with Crippen LogP contribution >= 0.6 is 0 Å². The average molecular weight is 160 g/mol. The molecular formula is C9H20O2. The van der Waals surface area contributed by atoms with E-state index in [2.05, 4.69) is 20.8 Å². The largest absolute Gasteiger partial charge is 0.394 e. The van der Waals surface area contributed by atoms with Crippen molar-refractivity contribution in [2.24, 2.45) is 11.8 Å².